The van der Waals surface area contributed by atoms with Crippen LogP contribution >= 0.6 is 11.8 Å². The van der Waals surface area contributed by atoms with Crippen LogP contribution in [0.5, 0.6) is 5.75 Å². The molecule has 1 fully saturated rings. The van der Waals surface area contributed by atoms with E-state index in [1.54, 1.807) is 24.3 Å². The summed E-state index contributed by atoms with van der Waals surface area (Å²) < 4.78 is 26.6. The van der Waals surface area contributed by atoms with E-state index in [4.69, 9.17) is 5.11 Å². The minimum absolute atomic E-state index is 0.311. The zero-order valence-electron chi connectivity index (χ0n) is 11.9. The maximum atomic E-state index is 13.3. The highest BCUT2D eigenvalue weighted by Crippen LogP contribution is 2.43. The fourth-order valence-electron chi connectivity index (χ4n) is 2.84. The number of phenols is 1. The van der Waals surface area contributed by atoms with Crippen molar-refractivity contribution in [3.05, 3.63) is 48.1 Å². The number of fused-ring (bicyclic) bond motifs is 1. The molecule has 1 heterocycles. The van der Waals surface area contributed by atoms with E-state index in [1.807, 2.05) is 0 Å². The Kier molecular flexibility index (Phi) is 3.97. The van der Waals surface area contributed by atoms with E-state index in [9.17, 15) is 18.4 Å². The molecule has 2 atom stereocenters. The molecule has 0 bridgehead atoms. The molecule has 4 nitrogen and oxygen atoms in total. The Morgan fingerprint density at radius 3 is 2.61 bits per heavy atom. The molecule has 2 unspecified atom stereocenters. The number of thioether (sulfide) groups is 1. The third-order valence-corrected chi connectivity index (χ3v) is 5.06. The molecule has 1 saturated heterocycles. The van der Waals surface area contributed by atoms with Crippen molar-refractivity contribution >= 4 is 23.6 Å². The van der Waals surface area contributed by atoms with E-state index in [0.29, 0.717) is 17.1 Å². The van der Waals surface area contributed by atoms with Gasteiger partial charge in [0.1, 0.15) is 0 Å². The van der Waals surface area contributed by atoms with E-state index in [-0.39, 0.29) is 11.8 Å². The number of carbonyl (C=O) groups excluding carboxylic acids is 2. The van der Waals surface area contributed by atoms with Gasteiger partial charge in [0.25, 0.3) is 0 Å². The second-order valence-corrected chi connectivity index (χ2v) is 6.58. The number of nitrogens with one attached hydrogen (secondary N) is 1. The van der Waals surface area contributed by atoms with Gasteiger partial charge < -0.3 is 5.11 Å². The lowest BCUT2D eigenvalue weighted by molar-refractivity contribution is -0.127. The number of allylic oxidation sites excluding steroid dienone is 2. The first-order valence-corrected chi connectivity index (χ1v) is 7.95. The first kappa shape index (κ1) is 15.7. The molecule has 1 aliphatic carbocycles. The van der Waals surface area contributed by atoms with E-state index in [2.05, 4.69) is 5.32 Å². The molecule has 1 aromatic rings. The summed E-state index contributed by atoms with van der Waals surface area (Å²) in [6.45, 7) is 0. The fourth-order valence-corrected chi connectivity index (χ4v) is 3.89. The quantitative estimate of drug-likeness (QED) is 0.654. The Labute approximate surface area is 135 Å². The molecule has 2 amide bonds. The Morgan fingerprint density at radius 2 is 1.91 bits per heavy atom. The van der Waals surface area contributed by atoms with E-state index in [1.165, 1.54) is 0 Å². The van der Waals surface area contributed by atoms with Crippen molar-refractivity contribution in [2.45, 2.75) is 11.3 Å². The number of rotatable bonds is 4. The number of halogens is 2. The molecule has 0 saturated carbocycles. The predicted molar refractivity (Wildman–Crippen MR) is 80.7 cm³/mol. The second kappa shape index (κ2) is 5.81. The van der Waals surface area contributed by atoms with Crippen LogP contribution in [0.4, 0.5) is 8.78 Å². The number of phenolic OH excluding ortho intramolecular Hbond substituents is 1. The lowest BCUT2D eigenvalue weighted by Gasteiger charge is -2.28. The van der Waals surface area contributed by atoms with Crippen molar-refractivity contribution in [2.75, 3.05) is 5.75 Å². The molecule has 2 N–H and O–H groups in total. The van der Waals surface area contributed by atoms with Crippen molar-refractivity contribution in [1.29, 1.82) is 0 Å². The van der Waals surface area contributed by atoms with Crippen LogP contribution in [0.15, 0.2) is 41.3 Å². The highest BCUT2D eigenvalue weighted by molar-refractivity contribution is 7.99. The van der Waals surface area contributed by atoms with Gasteiger partial charge in [0.2, 0.25) is 11.8 Å². The molecule has 0 radical (unpaired) electrons. The van der Waals surface area contributed by atoms with Gasteiger partial charge >= 0.3 is 0 Å². The molecule has 120 valence electrons. The van der Waals surface area contributed by atoms with Crippen LogP contribution < -0.4 is 5.32 Å². The molecule has 7 heteroatoms. The number of hydrogen-bond donors (Lipinski definition) is 2. The van der Waals surface area contributed by atoms with Gasteiger partial charge in [0.15, 0.2) is 17.4 Å². The van der Waals surface area contributed by atoms with Crippen LogP contribution in [0.3, 0.4) is 0 Å². The number of carbonyl (C=O) groups is 2. The second-order valence-electron chi connectivity index (χ2n) is 5.41. The molecular weight excluding hydrogens is 324 g/mol. The maximum absolute atomic E-state index is 13.3. The van der Waals surface area contributed by atoms with E-state index < -0.39 is 28.7 Å². The molecule has 3 rings (SSSR count). The molecule has 1 aromatic carbocycles. The first-order valence-electron chi connectivity index (χ1n) is 6.96. The molecule has 0 aromatic heterocycles. The average Bonchev–Trinajstić information content (AvgIpc) is 2.76. The number of hydrogen-bond acceptors (Lipinski definition) is 4. The van der Waals surface area contributed by atoms with Crippen molar-refractivity contribution < 1.29 is 23.5 Å². The van der Waals surface area contributed by atoms with Crippen LogP contribution in [-0.4, -0.2) is 22.7 Å². The lowest BCUT2D eigenvalue weighted by Crippen LogP contribution is -2.34. The summed E-state index contributed by atoms with van der Waals surface area (Å²) in [4.78, 5) is 24.3. The van der Waals surface area contributed by atoms with Gasteiger partial charge in [0.05, 0.1) is 11.3 Å². The summed E-state index contributed by atoms with van der Waals surface area (Å²) >= 11 is 1.16. The molecule has 2 aliphatic rings. The predicted octanol–water partition coefficient (Wildman–Crippen LogP) is 2.54. The van der Waals surface area contributed by atoms with Gasteiger partial charge in [-0.05, 0) is 24.3 Å². The fraction of sp³-hybridized carbons (Fsp3) is 0.250. The van der Waals surface area contributed by atoms with Crippen LogP contribution in [0.25, 0.3) is 0 Å². The van der Waals surface area contributed by atoms with Crippen LogP contribution in [0.1, 0.15) is 6.42 Å². The number of aromatic hydroxyl groups is 1. The topological polar surface area (TPSA) is 66.4 Å². The Bertz CT molecular complexity index is 724. The third-order valence-electron chi connectivity index (χ3n) is 4.08. The summed E-state index contributed by atoms with van der Waals surface area (Å²) in [7, 11) is 0. The summed E-state index contributed by atoms with van der Waals surface area (Å²) in [5.74, 6) is -3.91. The van der Waals surface area contributed by atoms with Gasteiger partial charge in [-0.1, -0.05) is 24.3 Å². The van der Waals surface area contributed by atoms with Crippen molar-refractivity contribution in [3.8, 4) is 5.75 Å². The zero-order chi connectivity index (χ0) is 16.6. The van der Waals surface area contributed by atoms with Gasteiger partial charge in [-0.2, -0.15) is 0 Å². The highest BCUT2D eigenvalue weighted by atomic mass is 32.2. The maximum Gasteiger partial charge on any atom is 0.237 e. The first-order chi connectivity index (χ1) is 10.9. The van der Waals surface area contributed by atoms with Gasteiger partial charge in [-0.15, -0.1) is 11.8 Å². The third kappa shape index (κ3) is 2.65. The van der Waals surface area contributed by atoms with Gasteiger partial charge in [0, 0.05) is 4.90 Å². The largest absolute Gasteiger partial charge is 0.503 e. The molecular formula is C16H13F2NO3S. The number of amides is 2. The summed E-state index contributed by atoms with van der Waals surface area (Å²) in [6, 6.07) is 2.07. The molecule has 1 aliphatic heterocycles. The lowest BCUT2D eigenvalue weighted by atomic mass is 9.72. The number of benzene rings is 1. The van der Waals surface area contributed by atoms with Gasteiger partial charge in [-0.3, -0.25) is 14.9 Å². The Hall–Kier alpha value is -2.15. The highest BCUT2D eigenvalue weighted by Gasteiger charge is 2.52. The van der Waals surface area contributed by atoms with Crippen molar-refractivity contribution in [3.63, 3.8) is 0 Å². The van der Waals surface area contributed by atoms with Crippen LogP contribution in [0, 0.1) is 23.0 Å². The Morgan fingerprint density at radius 1 is 1.22 bits per heavy atom. The molecule has 23 heavy (non-hydrogen) atoms. The zero-order valence-corrected chi connectivity index (χ0v) is 12.7. The number of imide groups is 1. The van der Waals surface area contributed by atoms with Crippen molar-refractivity contribution in [1.82, 2.24) is 5.32 Å². The molecule has 0 spiro atoms. The summed E-state index contributed by atoms with van der Waals surface area (Å²) in [5.41, 5.74) is -0.938. The SMILES string of the molecule is O=C1NC(=O)C2(CCSc3cc(F)c(O)c(F)c3)C=CC=CC12. The standard InChI is InChI=1S/C16H13F2NO3S/c17-11-7-9(8-12(18)13(11)20)23-6-5-16-4-2-1-3-10(16)14(21)19-15(16)22/h1-4,7-8,10,20H,5-6H2,(H,19,21,22). The van der Waals surface area contributed by atoms with E-state index in [0.717, 1.165) is 23.9 Å². The monoisotopic (exact) mass is 337 g/mol. The minimum Gasteiger partial charge on any atom is -0.503 e. The van der Waals surface area contributed by atoms with Crippen molar-refractivity contribution in [2.24, 2.45) is 11.3 Å². The normalized spacial score (nSPS) is 25.6. The average molecular weight is 337 g/mol. The Balaban J connectivity index is 1.73. The van der Waals surface area contributed by atoms with Crippen LogP contribution in [0.2, 0.25) is 0 Å². The van der Waals surface area contributed by atoms with Crippen LogP contribution in [-0.2, 0) is 9.59 Å². The van der Waals surface area contributed by atoms with E-state index >= 15 is 0 Å². The summed E-state index contributed by atoms with van der Waals surface area (Å²) in [5, 5.41) is 11.4. The minimum atomic E-state index is -1.03. The smallest absolute Gasteiger partial charge is 0.237 e. The van der Waals surface area contributed by atoms with Gasteiger partial charge in [-0.25, -0.2) is 8.78 Å². The summed E-state index contributed by atoms with van der Waals surface area (Å²) in [6.07, 6.45) is 7.18.